The summed E-state index contributed by atoms with van der Waals surface area (Å²) in [5, 5.41) is 3.10. The summed E-state index contributed by atoms with van der Waals surface area (Å²) >= 11 is 0. The molecule has 3 rings (SSSR count). The first-order chi connectivity index (χ1) is 14.1. The van der Waals surface area contributed by atoms with Crippen LogP contribution in [0.5, 0.6) is 0 Å². The molecule has 0 saturated heterocycles. The molecule has 0 fully saturated rings. The number of fused-ring (bicyclic) bond motifs is 1. The number of esters is 1. The Morgan fingerprint density at radius 2 is 1.97 bits per heavy atom. The molecule has 0 spiro atoms. The Hall–Kier alpha value is -3.03. The first kappa shape index (κ1) is 21.7. The van der Waals surface area contributed by atoms with E-state index in [9.17, 15) is 18.0 Å². The van der Waals surface area contributed by atoms with Gasteiger partial charge in [-0.2, -0.15) is 13.2 Å². The van der Waals surface area contributed by atoms with E-state index in [4.69, 9.17) is 10.5 Å². The smallest absolute Gasteiger partial charge is 0.416 e. The van der Waals surface area contributed by atoms with Gasteiger partial charge in [0.25, 0.3) is 0 Å². The van der Waals surface area contributed by atoms with Gasteiger partial charge in [0.2, 0.25) is 0 Å². The first-order valence-corrected chi connectivity index (χ1v) is 9.70. The number of alkyl halides is 3. The Morgan fingerprint density at radius 1 is 1.27 bits per heavy atom. The van der Waals surface area contributed by atoms with Crippen molar-refractivity contribution < 1.29 is 22.7 Å². The fraction of sp³-hybridized carbons (Fsp3) is 0.364. The molecule has 3 N–H and O–H groups in total. The molecule has 0 radical (unpaired) electrons. The monoisotopic (exact) mass is 419 g/mol. The summed E-state index contributed by atoms with van der Waals surface area (Å²) in [6.07, 6.45) is -3.87. The maximum absolute atomic E-state index is 13.4. The van der Waals surface area contributed by atoms with Gasteiger partial charge in [0.05, 0.1) is 17.7 Å². The third-order valence-electron chi connectivity index (χ3n) is 5.29. The number of aryl methyl sites for hydroxylation is 1. The van der Waals surface area contributed by atoms with Crippen LogP contribution in [-0.4, -0.2) is 17.6 Å². The van der Waals surface area contributed by atoms with E-state index in [-0.39, 0.29) is 12.2 Å². The van der Waals surface area contributed by atoms with Gasteiger partial charge < -0.3 is 15.8 Å². The van der Waals surface area contributed by atoms with Crippen molar-refractivity contribution >= 4 is 17.5 Å². The predicted molar refractivity (Wildman–Crippen MR) is 109 cm³/mol. The Kier molecular flexibility index (Phi) is 5.78. The molecule has 160 valence electrons. The van der Waals surface area contributed by atoms with Gasteiger partial charge in [0, 0.05) is 28.6 Å². The summed E-state index contributed by atoms with van der Waals surface area (Å²) in [7, 11) is 0. The molecule has 30 heavy (non-hydrogen) atoms. The number of hydrogen-bond donors (Lipinski definition) is 2. The van der Waals surface area contributed by atoms with Crippen molar-refractivity contribution in [2.45, 2.75) is 46.2 Å². The van der Waals surface area contributed by atoms with Gasteiger partial charge >= 0.3 is 12.1 Å². The normalized spacial score (nSPS) is 16.2. The molecule has 0 bridgehead atoms. The maximum atomic E-state index is 13.4. The van der Waals surface area contributed by atoms with Gasteiger partial charge in [-0.1, -0.05) is 25.1 Å². The van der Waals surface area contributed by atoms with E-state index in [1.54, 1.807) is 19.9 Å². The Labute approximate surface area is 173 Å². The lowest BCUT2D eigenvalue weighted by molar-refractivity contribution is -0.139. The van der Waals surface area contributed by atoms with Crippen LogP contribution in [-0.2, 0) is 22.1 Å². The largest absolute Gasteiger partial charge is 0.463 e. The lowest BCUT2D eigenvalue weighted by Crippen LogP contribution is -2.27. The molecule has 1 atom stereocenters. The molecule has 1 aliphatic rings. The average molecular weight is 419 g/mol. The number of rotatable bonds is 4. The molecule has 1 unspecified atom stereocenters. The fourth-order valence-electron chi connectivity index (χ4n) is 3.81. The van der Waals surface area contributed by atoms with Crippen LogP contribution >= 0.6 is 0 Å². The molecule has 1 aromatic carbocycles. The van der Waals surface area contributed by atoms with Gasteiger partial charge in [-0.25, -0.2) is 9.78 Å². The molecule has 0 saturated carbocycles. The minimum absolute atomic E-state index is 0.138. The number of nitrogens with two attached hydrogens (primary N) is 1. The van der Waals surface area contributed by atoms with Crippen LogP contribution in [0.15, 0.2) is 35.5 Å². The van der Waals surface area contributed by atoms with E-state index >= 15 is 0 Å². The number of ether oxygens (including phenoxy) is 1. The summed E-state index contributed by atoms with van der Waals surface area (Å²) in [5.74, 6) is -0.991. The number of halogens is 3. The van der Waals surface area contributed by atoms with Gasteiger partial charge in [-0.05, 0) is 44.4 Å². The molecular weight excluding hydrogens is 395 g/mol. The number of aromatic nitrogens is 1. The second-order valence-electron chi connectivity index (χ2n) is 7.15. The Balaban J connectivity index is 2.31. The zero-order valence-corrected chi connectivity index (χ0v) is 17.3. The number of nitrogens with zero attached hydrogens (tertiary/aromatic N) is 1. The highest BCUT2D eigenvalue weighted by atomic mass is 19.4. The van der Waals surface area contributed by atoms with Crippen molar-refractivity contribution in [3.63, 3.8) is 0 Å². The van der Waals surface area contributed by atoms with Crippen molar-refractivity contribution in [2.75, 3.05) is 17.7 Å². The Morgan fingerprint density at radius 3 is 2.57 bits per heavy atom. The number of anilines is 2. The zero-order chi connectivity index (χ0) is 22.2. The van der Waals surface area contributed by atoms with Crippen molar-refractivity contribution in [1.82, 2.24) is 4.98 Å². The van der Waals surface area contributed by atoms with Crippen molar-refractivity contribution in [1.29, 1.82) is 0 Å². The van der Waals surface area contributed by atoms with Crippen LogP contribution in [0.2, 0.25) is 0 Å². The van der Waals surface area contributed by atoms with Crippen LogP contribution < -0.4 is 11.1 Å². The molecule has 1 aliphatic heterocycles. The summed E-state index contributed by atoms with van der Waals surface area (Å²) in [4.78, 5) is 17.4. The van der Waals surface area contributed by atoms with E-state index in [1.165, 1.54) is 6.07 Å². The molecule has 0 amide bonds. The van der Waals surface area contributed by atoms with Crippen molar-refractivity contribution in [3.8, 4) is 0 Å². The van der Waals surface area contributed by atoms with E-state index in [0.717, 1.165) is 23.4 Å². The van der Waals surface area contributed by atoms with Crippen molar-refractivity contribution in [2.24, 2.45) is 0 Å². The van der Waals surface area contributed by atoms with Gasteiger partial charge in [0.1, 0.15) is 5.82 Å². The number of nitrogens with one attached hydrogen (secondary N) is 1. The quantitative estimate of drug-likeness (QED) is 0.686. The standard InChI is InChI=1S/C22H24F3N3O2/c1-5-15-11(3)19(26)18-17(13-8-7-9-14(10-13)22(23,24)25)16(21(29)30-6-2)12(4)27-20(18)28-15/h7-10,17H,5-6H2,1-4H3,(H3,26,27,28). The molecule has 2 aromatic rings. The number of benzene rings is 1. The maximum Gasteiger partial charge on any atom is 0.416 e. The number of hydrogen-bond acceptors (Lipinski definition) is 5. The van der Waals surface area contributed by atoms with E-state index in [1.807, 2.05) is 13.8 Å². The predicted octanol–water partition coefficient (Wildman–Crippen LogP) is 4.95. The van der Waals surface area contributed by atoms with Gasteiger partial charge in [0.15, 0.2) is 0 Å². The van der Waals surface area contributed by atoms with Crippen LogP contribution in [0.1, 0.15) is 54.6 Å². The second kappa shape index (κ2) is 8.01. The topological polar surface area (TPSA) is 77.2 Å². The minimum atomic E-state index is -4.51. The lowest BCUT2D eigenvalue weighted by Gasteiger charge is -2.32. The summed E-state index contributed by atoms with van der Waals surface area (Å²) in [6, 6.07) is 4.94. The number of carbonyl (C=O) groups is 1. The molecule has 8 heteroatoms. The van der Waals surface area contributed by atoms with Gasteiger partial charge in [-0.3, -0.25) is 0 Å². The minimum Gasteiger partial charge on any atom is -0.463 e. The summed E-state index contributed by atoms with van der Waals surface area (Å²) in [5.41, 5.74) is 9.06. The van der Waals surface area contributed by atoms with Crippen LogP contribution in [0, 0.1) is 6.92 Å². The zero-order valence-electron chi connectivity index (χ0n) is 17.3. The molecule has 1 aromatic heterocycles. The molecule has 5 nitrogen and oxygen atoms in total. The average Bonchev–Trinajstić information content (AvgIpc) is 2.69. The van der Waals surface area contributed by atoms with E-state index in [2.05, 4.69) is 10.3 Å². The Bertz CT molecular complexity index is 1030. The highest BCUT2D eigenvalue weighted by Gasteiger charge is 2.38. The van der Waals surface area contributed by atoms with Crippen LogP contribution in [0.3, 0.4) is 0 Å². The second-order valence-corrected chi connectivity index (χ2v) is 7.15. The fourth-order valence-corrected chi connectivity index (χ4v) is 3.81. The number of carbonyl (C=O) groups excluding carboxylic acids is 1. The summed E-state index contributed by atoms with van der Waals surface area (Å²) < 4.78 is 45.3. The molecular formula is C22H24F3N3O2. The van der Waals surface area contributed by atoms with Gasteiger partial charge in [-0.15, -0.1) is 0 Å². The van der Waals surface area contributed by atoms with E-state index < -0.39 is 23.6 Å². The molecule has 2 heterocycles. The highest BCUT2D eigenvalue weighted by Crippen LogP contribution is 2.46. The van der Waals surface area contributed by atoms with Crippen molar-refractivity contribution in [3.05, 3.63) is 63.5 Å². The third-order valence-corrected chi connectivity index (χ3v) is 5.29. The number of pyridine rings is 1. The lowest BCUT2D eigenvalue weighted by atomic mass is 9.79. The highest BCUT2D eigenvalue weighted by molar-refractivity contribution is 5.95. The first-order valence-electron chi connectivity index (χ1n) is 9.70. The SMILES string of the molecule is CCOC(=O)C1=C(C)Nc2nc(CC)c(C)c(N)c2C1c1cccc(C(F)(F)F)c1. The number of allylic oxidation sites excluding steroid dienone is 1. The van der Waals surface area contributed by atoms with E-state index in [0.29, 0.717) is 34.8 Å². The summed E-state index contributed by atoms with van der Waals surface area (Å²) in [6.45, 7) is 7.25. The number of nitrogen functional groups attached to an aromatic ring is 1. The van der Waals surface area contributed by atoms with Crippen LogP contribution in [0.25, 0.3) is 0 Å². The third kappa shape index (κ3) is 3.74. The van der Waals surface area contributed by atoms with Crippen LogP contribution in [0.4, 0.5) is 24.7 Å². The molecule has 0 aliphatic carbocycles.